The number of carbonyl (C=O) groups excluding carboxylic acids is 1. The second kappa shape index (κ2) is 7.55. The van der Waals surface area contributed by atoms with Crippen molar-refractivity contribution >= 4 is 40.6 Å². The number of benzene rings is 2. The lowest BCUT2D eigenvalue weighted by atomic mass is 10.1. The molecule has 0 aliphatic heterocycles. The topological polar surface area (TPSA) is 51.2 Å². The second-order valence-electron chi connectivity index (χ2n) is 5.39. The van der Waals surface area contributed by atoms with Crippen molar-refractivity contribution in [1.29, 1.82) is 0 Å². The highest BCUT2D eigenvalue weighted by molar-refractivity contribution is 6.35. The van der Waals surface area contributed by atoms with Crippen LogP contribution in [-0.4, -0.2) is 10.8 Å². The van der Waals surface area contributed by atoms with Gasteiger partial charge < -0.3 is 9.61 Å². The van der Waals surface area contributed by atoms with Gasteiger partial charge >= 0.3 is 0 Å². The summed E-state index contributed by atoms with van der Waals surface area (Å²) in [4.78, 5) is 16.7. The van der Waals surface area contributed by atoms with Crippen molar-refractivity contribution in [2.45, 2.75) is 6.92 Å². The molecule has 2 aromatic carbocycles. The third-order valence-electron chi connectivity index (χ3n) is 3.71. The van der Waals surface area contributed by atoms with E-state index in [1.54, 1.807) is 30.3 Å². The van der Waals surface area contributed by atoms with E-state index in [2.05, 4.69) is 14.6 Å². The number of hydrogen-bond donors (Lipinski definition) is 1. The maximum atomic E-state index is 12.7. The largest absolute Gasteiger partial charge is 0.383 e. The van der Waals surface area contributed by atoms with E-state index < -0.39 is 0 Å². The van der Waals surface area contributed by atoms with E-state index in [0.29, 0.717) is 10.6 Å². The van der Waals surface area contributed by atoms with Gasteiger partial charge in [-0.05, 0) is 48.9 Å². The molecule has 0 atom stereocenters. The molecule has 3 aromatic rings. The quantitative estimate of drug-likeness (QED) is 0.596. The predicted octanol–water partition coefficient (Wildman–Crippen LogP) is 5.55. The molecule has 1 aromatic heterocycles. The summed E-state index contributed by atoms with van der Waals surface area (Å²) >= 11 is 11.7. The molecule has 0 spiro atoms. The van der Waals surface area contributed by atoms with Crippen LogP contribution in [0.5, 0.6) is 5.75 Å². The van der Waals surface area contributed by atoms with E-state index in [9.17, 15) is 4.79 Å². The molecule has 4 nitrogen and oxygen atoms in total. The smallest absolute Gasteiger partial charge is 0.216 e. The molecule has 126 valence electrons. The molecule has 1 heterocycles. The number of nitrogens with one attached hydrogen (secondary N) is 1. The summed E-state index contributed by atoms with van der Waals surface area (Å²) in [6.45, 7) is 2.01. The first kappa shape index (κ1) is 17.3. The van der Waals surface area contributed by atoms with Crippen LogP contribution in [0.3, 0.4) is 0 Å². The van der Waals surface area contributed by atoms with Gasteiger partial charge in [-0.2, -0.15) is 0 Å². The second-order valence-corrected chi connectivity index (χ2v) is 5.95. The van der Waals surface area contributed by atoms with Crippen molar-refractivity contribution in [1.82, 2.24) is 4.98 Å². The van der Waals surface area contributed by atoms with E-state index in [0.717, 1.165) is 16.9 Å². The molecule has 6 heteroatoms. The van der Waals surface area contributed by atoms with Crippen molar-refractivity contribution in [2.75, 3.05) is 5.32 Å². The van der Waals surface area contributed by atoms with Crippen LogP contribution in [0.15, 0.2) is 60.8 Å². The molecule has 0 unspecified atom stereocenters. The van der Waals surface area contributed by atoms with Crippen LogP contribution in [0.1, 0.15) is 21.6 Å². The van der Waals surface area contributed by atoms with Gasteiger partial charge in [-0.15, -0.1) is 0 Å². The fraction of sp³-hybridized carbons (Fsp3) is 0.0526. The Labute approximate surface area is 155 Å². The fourth-order valence-electron chi connectivity index (χ4n) is 2.40. The third kappa shape index (κ3) is 3.76. The zero-order valence-electron chi connectivity index (χ0n) is 13.3. The lowest BCUT2D eigenvalue weighted by Crippen LogP contribution is -2.06. The van der Waals surface area contributed by atoms with Crippen molar-refractivity contribution in [2.24, 2.45) is 0 Å². The highest BCUT2D eigenvalue weighted by Crippen LogP contribution is 2.28. The van der Waals surface area contributed by atoms with Gasteiger partial charge in [0.25, 0.3) is 0 Å². The molecular formula is C19H14Cl2N2O2. The molecular weight excluding hydrogens is 359 g/mol. The number of pyridine rings is 1. The Morgan fingerprint density at radius 2 is 1.92 bits per heavy atom. The molecule has 1 N–H and O–H groups in total. The van der Waals surface area contributed by atoms with Crippen molar-refractivity contribution in [3.05, 3.63) is 82.6 Å². The number of nitrogens with zero attached hydrogens (tertiary/aromatic N) is 1. The average molecular weight is 373 g/mol. The maximum absolute atomic E-state index is 12.7. The van der Waals surface area contributed by atoms with Crippen LogP contribution in [0, 0.1) is 6.92 Å². The van der Waals surface area contributed by atoms with E-state index in [1.807, 2.05) is 31.2 Å². The van der Waals surface area contributed by atoms with E-state index in [4.69, 9.17) is 23.5 Å². The number of anilines is 2. The minimum absolute atomic E-state index is 0.110. The number of aryl methyl sites for hydroxylation is 1. The average Bonchev–Trinajstić information content (AvgIpc) is 2.63. The summed E-state index contributed by atoms with van der Waals surface area (Å²) < 4.78 is 4.68. The zero-order valence-corrected chi connectivity index (χ0v) is 14.8. The minimum atomic E-state index is -0.358. The molecule has 0 amide bonds. The van der Waals surface area contributed by atoms with Crippen LogP contribution in [0.2, 0.25) is 5.02 Å². The van der Waals surface area contributed by atoms with E-state index >= 15 is 0 Å². The molecule has 0 aliphatic carbocycles. The maximum Gasteiger partial charge on any atom is 0.216 e. The first-order valence-corrected chi connectivity index (χ1v) is 8.19. The Morgan fingerprint density at radius 3 is 2.64 bits per heavy atom. The number of rotatable bonds is 5. The highest BCUT2D eigenvalue weighted by atomic mass is 35.5. The molecule has 0 saturated carbocycles. The lowest BCUT2D eigenvalue weighted by molar-refractivity contribution is 0.103. The fourth-order valence-corrected chi connectivity index (χ4v) is 2.79. The predicted molar refractivity (Wildman–Crippen MR) is 100 cm³/mol. The van der Waals surface area contributed by atoms with Crippen LogP contribution < -0.4 is 9.61 Å². The first-order chi connectivity index (χ1) is 12.1. The lowest BCUT2D eigenvalue weighted by Gasteiger charge is -2.11. The summed E-state index contributed by atoms with van der Waals surface area (Å²) in [5, 5.41) is 3.60. The number of para-hydroxylation sites is 1. The SMILES string of the molecule is Cc1ccccc1Nc1ccc(C(=O)c2ncccc2OCl)c(Cl)c1. The monoisotopic (exact) mass is 372 g/mol. The normalized spacial score (nSPS) is 10.4. The number of hydrogen-bond acceptors (Lipinski definition) is 4. The molecule has 0 fully saturated rings. The molecule has 0 radical (unpaired) electrons. The van der Waals surface area contributed by atoms with Gasteiger partial charge in [0.1, 0.15) is 11.9 Å². The van der Waals surface area contributed by atoms with Crippen molar-refractivity contribution in [3.8, 4) is 5.75 Å². The summed E-state index contributed by atoms with van der Waals surface area (Å²) in [6.07, 6.45) is 1.49. The van der Waals surface area contributed by atoms with Crippen molar-refractivity contribution < 1.29 is 9.08 Å². The number of carbonyl (C=O) groups is 1. The van der Waals surface area contributed by atoms with Gasteiger partial charge in [-0.3, -0.25) is 4.79 Å². The van der Waals surface area contributed by atoms with Gasteiger partial charge in [0, 0.05) is 23.1 Å². The van der Waals surface area contributed by atoms with Crippen LogP contribution in [0.4, 0.5) is 11.4 Å². The van der Waals surface area contributed by atoms with Gasteiger partial charge in [0.2, 0.25) is 5.78 Å². The highest BCUT2D eigenvalue weighted by Gasteiger charge is 2.19. The molecule has 3 rings (SSSR count). The van der Waals surface area contributed by atoms with Crippen molar-refractivity contribution in [3.63, 3.8) is 0 Å². The van der Waals surface area contributed by atoms with Crippen LogP contribution in [0.25, 0.3) is 0 Å². The zero-order chi connectivity index (χ0) is 17.8. The Balaban J connectivity index is 1.90. The number of aromatic nitrogens is 1. The summed E-state index contributed by atoms with van der Waals surface area (Å²) in [5.41, 5.74) is 3.30. The molecule has 25 heavy (non-hydrogen) atoms. The summed E-state index contributed by atoms with van der Waals surface area (Å²) in [6, 6.07) is 16.2. The van der Waals surface area contributed by atoms with Crippen LogP contribution >= 0.6 is 23.5 Å². The summed E-state index contributed by atoms with van der Waals surface area (Å²) in [7, 11) is 0. The van der Waals surface area contributed by atoms with Gasteiger partial charge in [0.05, 0.1) is 5.02 Å². The van der Waals surface area contributed by atoms with E-state index in [-0.39, 0.29) is 17.2 Å². The Morgan fingerprint density at radius 1 is 1.12 bits per heavy atom. The third-order valence-corrected chi connectivity index (χ3v) is 4.19. The first-order valence-electron chi connectivity index (χ1n) is 7.50. The molecule has 0 aliphatic rings. The Hall–Kier alpha value is -2.56. The Kier molecular flexibility index (Phi) is 5.22. The number of halogens is 2. The molecule has 0 saturated heterocycles. The molecule has 0 bridgehead atoms. The van der Waals surface area contributed by atoms with E-state index in [1.165, 1.54) is 6.20 Å². The van der Waals surface area contributed by atoms with Gasteiger partial charge in [-0.1, -0.05) is 29.8 Å². The standard InChI is InChI=1S/C19H14Cl2N2O2/c1-12-5-2-3-6-16(12)23-13-8-9-14(15(20)11-13)19(24)18-17(25-21)7-4-10-22-18/h2-11,23H,1H3. The van der Waals surface area contributed by atoms with Gasteiger partial charge in [-0.25, -0.2) is 4.98 Å². The van der Waals surface area contributed by atoms with Crippen LogP contribution in [-0.2, 0) is 0 Å². The number of ketones is 1. The minimum Gasteiger partial charge on any atom is -0.383 e. The Bertz CT molecular complexity index is 929. The van der Waals surface area contributed by atoms with Gasteiger partial charge in [0.15, 0.2) is 11.4 Å². The summed E-state index contributed by atoms with van der Waals surface area (Å²) in [5.74, 6) is -0.170.